The van der Waals surface area contributed by atoms with E-state index in [-0.39, 0.29) is 11.3 Å². The van der Waals surface area contributed by atoms with E-state index >= 15 is 0 Å². The molecule has 1 amide bonds. The highest BCUT2D eigenvalue weighted by molar-refractivity contribution is 5.78. The predicted octanol–water partition coefficient (Wildman–Crippen LogP) is 1.80. The zero-order valence-electron chi connectivity index (χ0n) is 16.4. The van der Waals surface area contributed by atoms with Crippen LogP contribution in [0.15, 0.2) is 12.7 Å². The normalized spacial score (nSPS) is 24.8. The highest BCUT2D eigenvalue weighted by atomic mass is 16.5. The van der Waals surface area contributed by atoms with E-state index in [1.807, 2.05) is 11.0 Å². The molecule has 7 nitrogen and oxygen atoms in total. The topological polar surface area (TPSA) is 63.5 Å². The van der Waals surface area contributed by atoms with Crippen molar-refractivity contribution >= 4 is 5.91 Å². The number of likely N-dealkylation sites (tertiary alicyclic amines) is 1. The van der Waals surface area contributed by atoms with E-state index in [1.54, 1.807) is 6.33 Å². The Morgan fingerprint density at radius 1 is 1.07 bits per heavy atom. The fourth-order valence-corrected chi connectivity index (χ4v) is 5.30. The van der Waals surface area contributed by atoms with E-state index in [0.29, 0.717) is 6.54 Å². The van der Waals surface area contributed by atoms with E-state index in [0.717, 1.165) is 64.7 Å². The number of morpholine rings is 1. The van der Waals surface area contributed by atoms with Crippen LogP contribution in [0.25, 0.3) is 0 Å². The van der Waals surface area contributed by atoms with Gasteiger partial charge in [0.15, 0.2) is 0 Å². The van der Waals surface area contributed by atoms with Crippen molar-refractivity contribution in [1.29, 1.82) is 0 Å². The second kappa shape index (κ2) is 8.69. The molecule has 1 saturated carbocycles. The summed E-state index contributed by atoms with van der Waals surface area (Å²) in [6, 6.07) is 0. The molecule has 1 aromatic heterocycles. The molecule has 3 heterocycles. The summed E-state index contributed by atoms with van der Waals surface area (Å²) < 4.78 is 7.40. The van der Waals surface area contributed by atoms with Crippen LogP contribution in [0.2, 0.25) is 0 Å². The summed E-state index contributed by atoms with van der Waals surface area (Å²) >= 11 is 0. The van der Waals surface area contributed by atoms with Gasteiger partial charge >= 0.3 is 0 Å². The highest BCUT2D eigenvalue weighted by Gasteiger charge is 2.43. The third-order valence-corrected chi connectivity index (χ3v) is 6.99. The van der Waals surface area contributed by atoms with Gasteiger partial charge in [0.2, 0.25) is 5.91 Å². The van der Waals surface area contributed by atoms with Gasteiger partial charge in [-0.3, -0.25) is 14.4 Å². The first-order valence-electron chi connectivity index (χ1n) is 10.7. The lowest BCUT2D eigenvalue weighted by Gasteiger charge is -2.48. The van der Waals surface area contributed by atoms with Crippen molar-refractivity contribution in [1.82, 2.24) is 24.6 Å². The lowest BCUT2D eigenvalue weighted by Crippen LogP contribution is -2.51. The summed E-state index contributed by atoms with van der Waals surface area (Å²) in [5.41, 5.74) is 0.268. The Labute approximate surface area is 162 Å². The number of piperidine rings is 1. The summed E-state index contributed by atoms with van der Waals surface area (Å²) in [6.07, 6.45) is 12.4. The molecule has 0 bridgehead atoms. The summed E-state index contributed by atoms with van der Waals surface area (Å²) in [7, 11) is 0. The quantitative estimate of drug-likeness (QED) is 0.785. The van der Waals surface area contributed by atoms with Crippen molar-refractivity contribution in [3.63, 3.8) is 0 Å². The van der Waals surface area contributed by atoms with Crippen LogP contribution < -0.4 is 0 Å². The number of hydrogen-bond donors (Lipinski definition) is 0. The van der Waals surface area contributed by atoms with Crippen molar-refractivity contribution in [3.05, 3.63) is 12.7 Å². The van der Waals surface area contributed by atoms with E-state index in [4.69, 9.17) is 4.74 Å². The fourth-order valence-electron chi connectivity index (χ4n) is 5.30. The van der Waals surface area contributed by atoms with Crippen molar-refractivity contribution in [2.45, 2.75) is 51.5 Å². The maximum absolute atomic E-state index is 12.8. The first kappa shape index (κ1) is 18.9. The molecule has 150 valence electrons. The van der Waals surface area contributed by atoms with Gasteiger partial charge in [0.1, 0.15) is 12.7 Å². The Kier molecular flexibility index (Phi) is 6.08. The first-order chi connectivity index (χ1) is 13.3. The third-order valence-electron chi connectivity index (χ3n) is 6.99. The molecule has 0 aromatic carbocycles. The Morgan fingerprint density at radius 2 is 1.81 bits per heavy atom. The lowest BCUT2D eigenvalue weighted by atomic mass is 9.63. The van der Waals surface area contributed by atoms with Gasteiger partial charge in [0.25, 0.3) is 0 Å². The molecule has 2 saturated heterocycles. The summed E-state index contributed by atoms with van der Waals surface area (Å²) in [5, 5.41) is 4.39. The number of hydrogen-bond acceptors (Lipinski definition) is 5. The van der Waals surface area contributed by atoms with Crippen LogP contribution in [0.4, 0.5) is 0 Å². The van der Waals surface area contributed by atoms with Gasteiger partial charge in [-0.15, -0.1) is 0 Å². The van der Waals surface area contributed by atoms with Crippen molar-refractivity contribution in [3.8, 4) is 0 Å². The molecular formula is C20H33N5O2. The van der Waals surface area contributed by atoms with E-state index in [1.165, 1.54) is 32.1 Å². The van der Waals surface area contributed by atoms with Gasteiger partial charge in [-0.05, 0) is 37.0 Å². The zero-order chi connectivity index (χ0) is 18.5. The molecule has 4 rings (SSSR count). The highest BCUT2D eigenvalue weighted by Crippen LogP contribution is 2.46. The molecule has 0 spiro atoms. The largest absolute Gasteiger partial charge is 0.379 e. The third kappa shape index (κ3) is 4.51. The Hall–Kier alpha value is -1.47. The summed E-state index contributed by atoms with van der Waals surface area (Å²) in [6.45, 7) is 6.50. The van der Waals surface area contributed by atoms with Gasteiger partial charge in [0.05, 0.1) is 19.8 Å². The standard InChI is InChI=1S/C20H33N5O2/c26-19(14-23-10-12-27-13-11-23)24-8-6-20(7-9-24,15-25-17-21-16-22-25)18-4-2-1-3-5-18/h16-18H,1-15H2. The van der Waals surface area contributed by atoms with E-state index < -0.39 is 0 Å². The summed E-state index contributed by atoms with van der Waals surface area (Å²) in [4.78, 5) is 21.3. The average Bonchev–Trinajstić information content (AvgIpc) is 3.23. The van der Waals surface area contributed by atoms with Crippen LogP contribution in [0.3, 0.4) is 0 Å². The van der Waals surface area contributed by atoms with Crippen LogP contribution in [0.1, 0.15) is 44.9 Å². The Morgan fingerprint density at radius 3 is 2.48 bits per heavy atom. The maximum Gasteiger partial charge on any atom is 0.236 e. The minimum atomic E-state index is 0.268. The molecule has 0 unspecified atom stereocenters. The second-order valence-corrected chi connectivity index (χ2v) is 8.56. The number of nitrogens with zero attached hydrogens (tertiary/aromatic N) is 5. The van der Waals surface area contributed by atoms with Crippen LogP contribution >= 0.6 is 0 Å². The zero-order valence-corrected chi connectivity index (χ0v) is 16.4. The number of aromatic nitrogens is 3. The number of carbonyl (C=O) groups excluding carboxylic acids is 1. The van der Waals surface area contributed by atoms with Crippen LogP contribution in [-0.4, -0.2) is 76.4 Å². The van der Waals surface area contributed by atoms with Gasteiger partial charge in [-0.1, -0.05) is 19.3 Å². The van der Waals surface area contributed by atoms with Crippen LogP contribution in [-0.2, 0) is 16.1 Å². The number of amides is 1. The molecule has 2 aliphatic heterocycles. The molecule has 1 aliphatic carbocycles. The first-order valence-corrected chi connectivity index (χ1v) is 10.7. The average molecular weight is 376 g/mol. The predicted molar refractivity (Wildman–Crippen MR) is 102 cm³/mol. The van der Waals surface area contributed by atoms with Crippen LogP contribution in [0.5, 0.6) is 0 Å². The maximum atomic E-state index is 12.8. The molecular weight excluding hydrogens is 342 g/mol. The molecule has 0 atom stereocenters. The van der Waals surface area contributed by atoms with Gasteiger partial charge in [-0.25, -0.2) is 4.98 Å². The Bertz CT molecular complexity index is 586. The minimum absolute atomic E-state index is 0.268. The molecule has 7 heteroatoms. The Balaban J connectivity index is 1.38. The number of rotatable bonds is 5. The molecule has 0 N–H and O–H groups in total. The molecule has 3 aliphatic rings. The van der Waals surface area contributed by atoms with E-state index in [9.17, 15) is 4.79 Å². The van der Waals surface area contributed by atoms with Crippen molar-refractivity contribution in [2.75, 3.05) is 45.9 Å². The molecule has 0 radical (unpaired) electrons. The van der Waals surface area contributed by atoms with Gasteiger partial charge in [0, 0.05) is 32.7 Å². The number of carbonyl (C=O) groups is 1. The van der Waals surface area contributed by atoms with Gasteiger partial charge in [-0.2, -0.15) is 5.10 Å². The van der Waals surface area contributed by atoms with E-state index in [2.05, 4.69) is 19.9 Å². The van der Waals surface area contributed by atoms with Crippen molar-refractivity contribution < 1.29 is 9.53 Å². The molecule has 3 fully saturated rings. The fraction of sp³-hybridized carbons (Fsp3) is 0.850. The minimum Gasteiger partial charge on any atom is -0.379 e. The van der Waals surface area contributed by atoms with Crippen LogP contribution in [0, 0.1) is 11.3 Å². The number of ether oxygens (including phenoxy) is 1. The summed E-state index contributed by atoms with van der Waals surface area (Å²) in [5.74, 6) is 1.04. The molecule has 27 heavy (non-hydrogen) atoms. The molecule has 1 aromatic rings. The monoisotopic (exact) mass is 375 g/mol. The SMILES string of the molecule is O=C(CN1CCOCC1)N1CCC(Cn2cncn2)(C2CCCCC2)CC1. The van der Waals surface area contributed by atoms with Gasteiger partial charge < -0.3 is 9.64 Å². The smallest absolute Gasteiger partial charge is 0.236 e. The lowest BCUT2D eigenvalue weighted by molar-refractivity contribution is -0.137. The van der Waals surface area contributed by atoms with Crippen molar-refractivity contribution in [2.24, 2.45) is 11.3 Å². The second-order valence-electron chi connectivity index (χ2n) is 8.56.